The number of rotatable bonds is 5. The van der Waals surface area contributed by atoms with Crippen molar-refractivity contribution in [2.24, 2.45) is 0 Å². The molecule has 1 aromatic rings. The highest BCUT2D eigenvalue weighted by molar-refractivity contribution is 5.65. The first kappa shape index (κ1) is 14.8. The maximum absolute atomic E-state index is 5.84. The smallest absolute Gasteiger partial charge is 0.120 e. The van der Waals surface area contributed by atoms with Gasteiger partial charge < -0.3 is 4.74 Å². The van der Waals surface area contributed by atoms with Crippen molar-refractivity contribution in [1.82, 2.24) is 0 Å². The van der Waals surface area contributed by atoms with E-state index in [9.17, 15) is 0 Å². The Kier molecular flexibility index (Phi) is 5.46. The molecule has 1 aromatic carbocycles. The molecule has 0 aromatic heterocycles. The van der Waals surface area contributed by atoms with E-state index in [1.807, 2.05) is 0 Å². The second-order valence-corrected chi connectivity index (χ2v) is 5.63. The number of ether oxygens (including phenoxy) is 1. The molecule has 1 rings (SSSR count). The van der Waals surface area contributed by atoms with Crippen LogP contribution in [0.15, 0.2) is 30.3 Å². The second-order valence-electron chi connectivity index (χ2n) is 5.63. The van der Waals surface area contributed by atoms with Gasteiger partial charge in [-0.3, -0.25) is 0 Å². The minimum Gasteiger partial charge on any atom is -0.488 e. The van der Waals surface area contributed by atoms with Gasteiger partial charge in [0.2, 0.25) is 0 Å². The van der Waals surface area contributed by atoms with E-state index in [2.05, 4.69) is 65.0 Å². The van der Waals surface area contributed by atoms with E-state index in [0.29, 0.717) is 0 Å². The van der Waals surface area contributed by atoms with Crippen LogP contribution in [0.5, 0.6) is 5.75 Å². The van der Waals surface area contributed by atoms with Crippen LogP contribution in [0.2, 0.25) is 0 Å². The molecular formula is C17H26O. The molecule has 0 N–H and O–H groups in total. The average molecular weight is 246 g/mol. The van der Waals surface area contributed by atoms with Crippen LogP contribution in [0, 0.1) is 0 Å². The lowest BCUT2D eigenvalue weighted by atomic mass is 10.0. The standard InChI is InChI=1S/C17H26O/c1-6-8-14(9-7-2)15-10-12-16(13-11-15)18-17(3,4)5/h8,10-13H,6-7,9H2,1-5H3. The van der Waals surface area contributed by atoms with Crippen molar-refractivity contribution in [3.8, 4) is 5.75 Å². The quantitative estimate of drug-likeness (QED) is 0.670. The first-order chi connectivity index (χ1) is 8.46. The van der Waals surface area contributed by atoms with Crippen molar-refractivity contribution in [3.05, 3.63) is 35.9 Å². The fraction of sp³-hybridized carbons (Fsp3) is 0.529. The van der Waals surface area contributed by atoms with Gasteiger partial charge in [-0.05, 0) is 56.9 Å². The molecule has 0 aliphatic heterocycles. The summed E-state index contributed by atoms with van der Waals surface area (Å²) in [6.45, 7) is 10.6. The lowest BCUT2D eigenvalue weighted by molar-refractivity contribution is 0.131. The maximum atomic E-state index is 5.84. The zero-order valence-corrected chi connectivity index (χ0v) is 12.4. The summed E-state index contributed by atoms with van der Waals surface area (Å²) in [4.78, 5) is 0. The minimum absolute atomic E-state index is 0.132. The number of hydrogen-bond donors (Lipinski definition) is 0. The third-order valence-corrected chi connectivity index (χ3v) is 2.62. The Morgan fingerprint density at radius 2 is 1.72 bits per heavy atom. The Morgan fingerprint density at radius 3 is 2.17 bits per heavy atom. The molecular weight excluding hydrogens is 220 g/mol. The monoisotopic (exact) mass is 246 g/mol. The molecule has 100 valence electrons. The highest BCUT2D eigenvalue weighted by Crippen LogP contribution is 2.24. The van der Waals surface area contributed by atoms with Crippen LogP contribution in [-0.4, -0.2) is 5.60 Å². The van der Waals surface area contributed by atoms with E-state index in [0.717, 1.165) is 18.6 Å². The van der Waals surface area contributed by atoms with Gasteiger partial charge in [-0.15, -0.1) is 0 Å². The highest BCUT2D eigenvalue weighted by atomic mass is 16.5. The topological polar surface area (TPSA) is 9.23 Å². The Balaban J connectivity index is 2.84. The number of benzene rings is 1. The van der Waals surface area contributed by atoms with Crippen LogP contribution >= 0.6 is 0 Å². The van der Waals surface area contributed by atoms with E-state index in [1.165, 1.54) is 17.6 Å². The molecule has 1 nitrogen and oxygen atoms in total. The summed E-state index contributed by atoms with van der Waals surface area (Å²) in [5.41, 5.74) is 2.63. The van der Waals surface area contributed by atoms with Gasteiger partial charge in [0.1, 0.15) is 11.4 Å². The number of allylic oxidation sites excluding steroid dienone is 2. The van der Waals surface area contributed by atoms with Gasteiger partial charge in [-0.25, -0.2) is 0 Å². The van der Waals surface area contributed by atoms with Crippen LogP contribution in [0.25, 0.3) is 5.57 Å². The van der Waals surface area contributed by atoms with Gasteiger partial charge in [0.25, 0.3) is 0 Å². The van der Waals surface area contributed by atoms with Crippen molar-refractivity contribution in [3.63, 3.8) is 0 Å². The fourth-order valence-electron chi connectivity index (χ4n) is 1.97. The molecule has 0 saturated carbocycles. The predicted molar refractivity (Wildman–Crippen MR) is 80.0 cm³/mol. The zero-order chi connectivity index (χ0) is 13.6. The summed E-state index contributed by atoms with van der Waals surface area (Å²) in [5, 5.41) is 0. The summed E-state index contributed by atoms with van der Waals surface area (Å²) in [6.07, 6.45) is 5.75. The van der Waals surface area contributed by atoms with Gasteiger partial charge in [0.15, 0.2) is 0 Å². The van der Waals surface area contributed by atoms with Crippen molar-refractivity contribution < 1.29 is 4.74 Å². The molecule has 0 atom stereocenters. The van der Waals surface area contributed by atoms with E-state index in [1.54, 1.807) is 0 Å². The van der Waals surface area contributed by atoms with Crippen molar-refractivity contribution >= 4 is 5.57 Å². The molecule has 0 unspecified atom stereocenters. The first-order valence-electron chi connectivity index (χ1n) is 6.94. The zero-order valence-electron chi connectivity index (χ0n) is 12.4. The summed E-state index contributed by atoms with van der Waals surface area (Å²) in [6, 6.07) is 8.47. The molecule has 0 aliphatic carbocycles. The fourth-order valence-corrected chi connectivity index (χ4v) is 1.97. The van der Waals surface area contributed by atoms with Gasteiger partial charge in [0, 0.05) is 0 Å². The third kappa shape index (κ3) is 4.95. The van der Waals surface area contributed by atoms with Gasteiger partial charge >= 0.3 is 0 Å². The SMILES string of the molecule is CCC=C(CCC)c1ccc(OC(C)(C)C)cc1. The molecule has 0 fully saturated rings. The van der Waals surface area contributed by atoms with Crippen molar-refractivity contribution in [2.75, 3.05) is 0 Å². The third-order valence-electron chi connectivity index (χ3n) is 2.62. The second kappa shape index (κ2) is 6.63. The van der Waals surface area contributed by atoms with E-state index >= 15 is 0 Å². The van der Waals surface area contributed by atoms with Crippen molar-refractivity contribution in [1.29, 1.82) is 0 Å². The van der Waals surface area contributed by atoms with E-state index < -0.39 is 0 Å². The summed E-state index contributed by atoms with van der Waals surface area (Å²) >= 11 is 0. The predicted octanol–water partition coefficient (Wildman–Crippen LogP) is 5.46. The van der Waals surface area contributed by atoms with Gasteiger partial charge in [-0.1, -0.05) is 38.5 Å². The van der Waals surface area contributed by atoms with E-state index in [-0.39, 0.29) is 5.60 Å². The Hall–Kier alpha value is -1.24. The number of hydrogen-bond acceptors (Lipinski definition) is 1. The normalized spacial score (nSPS) is 12.6. The molecule has 0 radical (unpaired) electrons. The minimum atomic E-state index is -0.132. The van der Waals surface area contributed by atoms with Crippen molar-refractivity contribution in [2.45, 2.75) is 59.5 Å². The van der Waals surface area contributed by atoms with Gasteiger partial charge in [-0.2, -0.15) is 0 Å². The summed E-state index contributed by atoms with van der Waals surface area (Å²) < 4.78 is 5.84. The molecule has 1 heteroatoms. The summed E-state index contributed by atoms with van der Waals surface area (Å²) in [5.74, 6) is 0.943. The molecule has 0 spiro atoms. The lowest BCUT2D eigenvalue weighted by Gasteiger charge is -2.21. The Bertz CT molecular complexity index is 379. The lowest BCUT2D eigenvalue weighted by Crippen LogP contribution is -2.22. The highest BCUT2D eigenvalue weighted by Gasteiger charge is 2.11. The van der Waals surface area contributed by atoms with E-state index in [4.69, 9.17) is 4.74 Å². The van der Waals surface area contributed by atoms with Crippen LogP contribution in [0.1, 0.15) is 59.4 Å². The van der Waals surface area contributed by atoms with Gasteiger partial charge in [0.05, 0.1) is 0 Å². The molecule has 0 saturated heterocycles. The first-order valence-corrected chi connectivity index (χ1v) is 6.94. The molecule has 0 aliphatic rings. The van der Waals surface area contributed by atoms with Crippen LogP contribution in [0.3, 0.4) is 0 Å². The molecule has 18 heavy (non-hydrogen) atoms. The molecule has 0 heterocycles. The summed E-state index contributed by atoms with van der Waals surface area (Å²) in [7, 11) is 0. The molecule has 0 bridgehead atoms. The van der Waals surface area contributed by atoms with Crippen LogP contribution in [0.4, 0.5) is 0 Å². The average Bonchev–Trinajstić information content (AvgIpc) is 2.28. The Morgan fingerprint density at radius 1 is 1.11 bits per heavy atom. The largest absolute Gasteiger partial charge is 0.488 e. The Labute approximate surface area is 112 Å². The van der Waals surface area contributed by atoms with Crippen LogP contribution in [-0.2, 0) is 0 Å². The van der Waals surface area contributed by atoms with Crippen LogP contribution < -0.4 is 4.74 Å². The maximum Gasteiger partial charge on any atom is 0.120 e. The molecule has 0 amide bonds.